The van der Waals surface area contributed by atoms with Crippen LogP contribution in [0.15, 0.2) is 54.6 Å². The van der Waals surface area contributed by atoms with E-state index >= 15 is 0 Å². The predicted molar refractivity (Wildman–Crippen MR) is 142 cm³/mol. The van der Waals surface area contributed by atoms with Crippen LogP contribution < -0.4 is 14.4 Å². The molecule has 0 aromatic heterocycles. The minimum Gasteiger partial charge on any atom is -0.497 e. The minimum atomic E-state index is -3.98. The number of ether oxygens (including phenoxy) is 1. The molecule has 2 amide bonds. The molecule has 2 atom stereocenters. The molecule has 0 spiro atoms. The first-order valence-electron chi connectivity index (χ1n) is 12.0. The van der Waals surface area contributed by atoms with Crippen LogP contribution in [0.5, 0.6) is 5.75 Å². The van der Waals surface area contributed by atoms with Gasteiger partial charge in [0.25, 0.3) is 0 Å². The molecule has 10 heteroatoms. The molecular formula is C26H38N4O5S. The van der Waals surface area contributed by atoms with E-state index in [9.17, 15) is 18.0 Å². The maximum absolute atomic E-state index is 13.8. The monoisotopic (exact) mass is 518 g/mol. The van der Waals surface area contributed by atoms with Crippen LogP contribution in [0.2, 0.25) is 0 Å². The second kappa shape index (κ2) is 13.3. The van der Waals surface area contributed by atoms with Gasteiger partial charge in [-0.25, -0.2) is 4.31 Å². The second-order valence-electron chi connectivity index (χ2n) is 8.75. The van der Waals surface area contributed by atoms with Gasteiger partial charge in [-0.2, -0.15) is 12.7 Å². The van der Waals surface area contributed by atoms with E-state index in [1.165, 1.54) is 19.0 Å². The van der Waals surface area contributed by atoms with E-state index in [4.69, 9.17) is 4.74 Å². The smallest absolute Gasteiger partial charge is 0.304 e. The van der Waals surface area contributed by atoms with Gasteiger partial charge in [-0.05, 0) is 49.6 Å². The molecule has 2 aromatic carbocycles. The van der Waals surface area contributed by atoms with Crippen LogP contribution in [-0.2, 0) is 26.3 Å². The van der Waals surface area contributed by atoms with Crippen LogP contribution in [0.3, 0.4) is 0 Å². The molecule has 0 heterocycles. The van der Waals surface area contributed by atoms with Crippen molar-refractivity contribution in [1.29, 1.82) is 0 Å². The van der Waals surface area contributed by atoms with Crippen LogP contribution in [-0.4, -0.2) is 69.3 Å². The van der Waals surface area contributed by atoms with Gasteiger partial charge in [0.2, 0.25) is 11.8 Å². The maximum atomic E-state index is 13.8. The Balaban J connectivity index is 2.49. The van der Waals surface area contributed by atoms with Crippen LogP contribution in [0.4, 0.5) is 5.69 Å². The van der Waals surface area contributed by atoms with Gasteiger partial charge in [0.05, 0.1) is 12.8 Å². The number of hydrogen-bond acceptors (Lipinski definition) is 5. The van der Waals surface area contributed by atoms with Crippen molar-refractivity contribution in [3.63, 3.8) is 0 Å². The highest BCUT2D eigenvalue weighted by Crippen LogP contribution is 2.22. The number of carbonyl (C=O) groups is 2. The van der Waals surface area contributed by atoms with Gasteiger partial charge in [-0.1, -0.05) is 44.2 Å². The van der Waals surface area contributed by atoms with Gasteiger partial charge < -0.3 is 15.0 Å². The average molecular weight is 519 g/mol. The van der Waals surface area contributed by atoms with Crippen molar-refractivity contribution in [2.75, 3.05) is 32.1 Å². The molecule has 36 heavy (non-hydrogen) atoms. The molecule has 0 bridgehead atoms. The largest absolute Gasteiger partial charge is 0.497 e. The van der Waals surface area contributed by atoms with E-state index < -0.39 is 28.7 Å². The Morgan fingerprint density at radius 1 is 1.00 bits per heavy atom. The zero-order valence-electron chi connectivity index (χ0n) is 22.0. The molecule has 2 rings (SSSR count). The fraction of sp³-hybridized carbons (Fsp3) is 0.462. The summed E-state index contributed by atoms with van der Waals surface area (Å²) >= 11 is 0. The molecule has 0 aliphatic carbocycles. The van der Waals surface area contributed by atoms with Crippen molar-refractivity contribution >= 4 is 27.7 Å². The summed E-state index contributed by atoms with van der Waals surface area (Å²) in [5.41, 5.74) is 1.12. The van der Waals surface area contributed by atoms with Crippen molar-refractivity contribution < 1.29 is 22.7 Å². The fourth-order valence-electron chi connectivity index (χ4n) is 3.64. The number of nitrogens with one attached hydrogen (secondary N) is 1. The highest BCUT2D eigenvalue weighted by atomic mass is 32.2. The number of benzene rings is 2. The van der Waals surface area contributed by atoms with E-state index in [1.54, 1.807) is 49.6 Å². The lowest BCUT2D eigenvalue weighted by molar-refractivity contribution is -0.140. The van der Waals surface area contributed by atoms with E-state index in [2.05, 4.69) is 5.32 Å². The topological polar surface area (TPSA) is 99.3 Å². The van der Waals surface area contributed by atoms with Crippen molar-refractivity contribution in [3.05, 3.63) is 60.2 Å². The third-order valence-corrected chi connectivity index (χ3v) is 7.76. The van der Waals surface area contributed by atoms with E-state index in [1.807, 2.05) is 32.9 Å². The molecule has 1 N–H and O–H groups in total. The van der Waals surface area contributed by atoms with Gasteiger partial charge >= 0.3 is 10.2 Å². The molecular weight excluding hydrogens is 480 g/mol. The molecule has 0 saturated heterocycles. The number of nitrogens with zero attached hydrogens (tertiary/aromatic N) is 3. The Morgan fingerprint density at radius 3 is 2.22 bits per heavy atom. The third kappa shape index (κ3) is 7.44. The van der Waals surface area contributed by atoms with E-state index in [-0.39, 0.29) is 18.5 Å². The lowest BCUT2D eigenvalue weighted by Gasteiger charge is -2.34. The number of carbonyl (C=O) groups excluding carboxylic acids is 2. The van der Waals surface area contributed by atoms with E-state index in [0.29, 0.717) is 17.9 Å². The highest BCUT2D eigenvalue weighted by molar-refractivity contribution is 7.90. The molecule has 0 radical (unpaired) electrons. The first-order valence-corrected chi connectivity index (χ1v) is 13.4. The standard InChI is InChI=1S/C26H38N4O5S/c1-7-20(3)27-26(32)24(8-2)29(18-21-13-12-16-23(17-21)35-6)25(31)19-30(36(33,34)28(4)5)22-14-10-9-11-15-22/h9-17,20,24H,7-8,18-19H2,1-6H3,(H,27,32). The summed E-state index contributed by atoms with van der Waals surface area (Å²) in [6, 6.07) is 14.9. The minimum absolute atomic E-state index is 0.0599. The Kier molecular flexibility index (Phi) is 10.7. The molecule has 2 aromatic rings. The maximum Gasteiger partial charge on any atom is 0.304 e. The van der Waals surface area contributed by atoms with Gasteiger partial charge in [-0.15, -0.1) is 0 Å². The number of anilines is 1. The lowest BCUT2D eigenvalue weighted by Crippen LogP contribution is -2.54. The SMILES string of the molecule is CCC(C)NC(=O)C(CC)N(Cc1cccc(OC)c1)C(=O)CN(c1ccccc1)S(=O)(=O)N(C)C. The van der Waals surface area contributed by atoms with Crippen molar-refractivity contribution in [1.82, 2.24) is 14.5 Å². The summed E-state index contributed by atoms with van der Waals surface area (Å²) in [7, 11) is 0.404. The predicted octanol–water partition coefficient (Wildman–Crippen LogP) is 3.03. The first kappa shape index (κ1) is 29.1. The van der Waals surface area contributed by atoms with Crippen LogP contribution in [0.1, 0.15) is 39.2 Å². The van der Waals surface area contributed by atoms with Crippen LogP contribution in [0.25, 0.3) is 0 Å². The number of para-hydroxylation sites is 1. The quantitative estimate of drug-likeness (QED) is 0.440. The molecule has 0 saturated carbocycles. The van der Waals surface area contributed by atoms with E-state index in [0.717, 1.165) is 20.6 Å². The van der Waals surface area contributed by atoms with Crippen molar-refractivity contribution in [2.24, 2.45) is 0 Å². The zero-order chi connectivity index (χ0) is 26.9. The summed E-state index contributed by atoms with van der Waals surface area (Å²) in [5.74, 6) is -0.138. The number of methoxy groups -OCH3 is 1. The molecule has 0 aliphatic heterocycles. The Labute approximate surface area is 215 Å². The summed E-state index contributed by atoms with van der Waals surface area (Å²) < 4.78 is 33.8. The van der Waals surface area contributed by atoms with Crippen molar-refractivity contribution in [2.45, 2.75) is 52.2 Å². The van der Waals surface area contributed by atoms with Gasteiger partial charge in [0.1, 0.15) is 18.3 Å². The Morgan fingerprint density at radius 2 is 1.67 bits per heavy atom. The Bertz CT molecular complexity index is 1110. The molecule has 0 aliphatic rings. The Hall–Kier alpha value is -3.11. The number of hydrogen-bond donors (Lipinski definition) is 1. The number of rotatable bonds is 13. The summed E-state index contributed by atoms with van der Waals surface area (Å²) in [5, 5.41) is 2.96. The number of amides is 2. The zero-order valence-corrected chi connectivity index (χ0v) is 22.8. The van der Waals surface area contributed by atoms with Gasteiger partial charge in [0.15, 0.2) is 0 Å². The fourth-order valence-corrected chi connectivity index (χ4v) is 4.70. The van der Waals surface area contributed by atoms with Gasteiger partial charge in [-0.3, -0.25) is 9.59 Å². The van der Waals surface area contributed by atoms with Crippen molar-refractivity contribution in [3.8, 4) is 5.75 Å². The molecule has 2 unspecified atom stereocenters. The van der Waals surface area contributed by atoms with Crippen LogP contribution >= 0.6 is 0 Å². The molecule has 198 valence electrons. The third-order valence-electron chi connectivity index (χ3n) is 5.94. The lowest BCUT2D eigenvalue weighted by atomic mass is 10.1. The highest BCUT2D eigenvalue weighted by Gasteiger charge is 2.34. The van der Waals surface area contributed by atoms with Gasteiger partial charge in [0, 0.05) is 26.7 Å². The molecule has 0 fully saturated rings. The second-order valence-corrected chi connectivity index (χ2v) is 10.8. The summed E-state index contributed by atoms with van der Waals surface area (Å²) in [6.45, 7) is 5.36. The van der Waals surface area contributed by atoms with Crippen LogP contribution in [0, 0.1) is 0 Å². The summed E-state index contributed by atoms with van der Waals surface area (Å²) in [6.07, 6.45) is 1.11. The average Bonchev–Trinajstić information content (AvgIpc) is 2.87. The normalized spacial score (nSPS) is 13.1. The summed E-state index contributed by atoms with van der Waals surface area (Å²) in [4.78, 5) is 28.5. The molecule has 9 nitrogen and oxygen atoms in total. The first-order chi connectivity index (χ1) is 17.0.